The van der Waals surface area contributed by atoms with Crippen molar-refractivity contribution in [3.63, 3.8) is 0 Å². The van der Waals surface area contributed by atoms with Gasteiger partial charge in [0.15, 0.2) is 0 Å². The number of carboxylic acids is 1. The summed E-state index contributed by atoms with van der Waals surface area (Å²) >= 11 is 3.13. The van der Waals surface area contributed by atoms with E-state index in [1.807, 2.05) is 29.8 Å². The van der Waals surface area contributed by atoms with Crippen molar-refractivity contribution >= 4 is 34.6 Å². The molecule has 0 fully saturated rings. The van der Waals surface area contributed by atoms with Gasteiger partial charge in [-0.3, -0.25) is 9.59 Å². The van der Waals surface area contributed by atoms with E-state index in [1.54, 1.807) is 11.3 Å². The Morgan fingerprint density at radius 1 is 1.41 bits per heavy atom. The third-order valence-corrected chi connectivity index (χ3v) is 5.09. The fraction of sp³-hybridized carbons (Fsp3) is 0.400. The van der Waals surface area contributed by atoms with Gasteiger partial charge in [-0.1, -0.05) is 19.4 Å². The normalized spacial score (nSPS) is 12.0. The average Bonchev–Trinajstić information content (AvgIpc) is 3.13. The number of aromatic nitrogens is 1. The number of carboxylic acid groups (broad SMARTS) is 1. The molecule has 2 aromatic rings. The van der Waals surface area contributed by atoms with Gasteiger partial charge in [0, 0.05) is 11.9 Å². The highest BCUT2D eigenvalue weighted by molar-refractivity contribution is 7.20. The van der Waals surface area contributed by atoms with Crippen LogP contribution in [-0.4, -0.2) is 28.5 Å². The van der Waals surface area contributed by atoms with E-state index in [9.17, 15) is 9.59 Å². The van der Waals surface area contributed by atoms with Gasteiger partial charge in [0.2, 0.25) is 5.91 Å². The van der Waals surface area contributed by atoms with Crippen molar-refractivity contribution < 1.29 is 14.7 Å². The van der Waals surface area contributed by atoms with Gasteiger partial charge in [-0.2, -0.15) is 0 Å². The Balaban J connectivity index is 1.86. The Bertz CT molecular complexity index is 623. The van der Waals surface area contributed by atoms with E-state index in [-0.39, 0.29) is 18.9 Å². The van der Waals surface area contributed by atoms with Crippen LogP contribution >= 0.6 is 22.7 Å². The predicted molar refractivity (Wildman–Crippen MR) is 88.2 cm³/mol. The molecule has 2 N–H and O–H groups in total. The first-order valence-corrected chi connectivity index (χ1v) is 8.83. The van der Waals surface area contributed by atoms with Gasteiger partial charge in [0.25, 0.3) is 0 Å². The van der Waals surface area contributed by atoms with Crippen LogP contribution in [0.25, 0.3) is 9.88 Å². The molecule has 0 aromatic carbocycles. The summed E-state index contributed by atoms with van der Waals surface area (Å²) in [6.45, 7) is 2.10. The summed E-state index contributed by atoms with van der Waals surface area (Å²) < 4.78 is 0. The molecule has 0 aliphatic heterocycles. The number of hydrogen-bond acceptors (Lipinski definition) is 5. The summed E-state index contributed by atoms with van der Waals surface area (Å²) in [6.07, 6.45) is 1.53. The summed E-state index contributed by atoms with van der Waals surface area (Å²) in [5.41, 5.74) is 0.716. The molecule has 0 saturated heterocycles. The van der Waals surface area contributed by atoms with E-state index in [0.717, 1.165) is 16.3 Å². The molecule has 2 aromatic heterocycles. The van der Waals surface area contributed by atoms with Crippen molar-refractivity contribution in [2.75, 3.05) is 6.54 Å². The standard InChI is InChI=1S/C15H18N2O3S2/c1-2-4-10(15(19)20)8-16-13(18)7-11-9-22-14(17-11)12-5-3-6-21-12/h3,5-6,9-10H,2,4,7-8H2,1H3,(H,16,18)(H,19,20). The molecule has 118 valence electrons. The Morgan fingerprint density at radius 3 is 2.86 bits per heavy atom. The molecule has 1 amide bonds. The summed E-state index contributed by atoms with van der Waals surface area (Å²) in [4.78, 5) is 28.5. The number of thiophene rings is 1. The first kappa shape index (κ1) is 16.6. The minimum atomic E-state index is -0.865. The lowest BCUT2D eigenvalue weighted by atomic mass is 10.0. The number of nitrogens with one attached hydrogen (secondary N) is 1. The average molecular weight is 338 g/mol. The van der Waals surface area contributed by atoms with Crippen LogP contribution in [0.3, 0.4) is 0 Å². The third-order valence-electron chi connectivity index (χ3n) is 3.16. The number of hydrogen-bond donors (Lipinski definition) is 2. The SMILES string of the molecule is CCCC(CNC(=O)Cc1csc(-c2cccs2)n1)C(=O)O. The minimum Gasteiger partial charge on any atom is -0.481 e. The zero-order chi connectivity index (χ0) is 15.9. The Kier molecular flexibility index (Phi) is 6.09. The monoisotopic (exact) mass is 338 g/mol. The van der Waals surface area contributed by atoms with Crippen molar-refractivity contribution in [1.29, 1.82) is 0 Å². The summed E-state index contributed by atoms with van der Waals surface area (Å²) in [7, 11) is 0. The predicted octanol–water partition coefficient (Wildman–Crippen LogP) is 3.03. The molecule has 7 heteroatoms. The zero-order valence-corrected chi connectivity index (χ0v) is 13.9. The summed E-state index contributed by atoms with van der Waals surface area (Å²) in [6, 6.07) is 3.96. The van der Waals surface area contributed by atoms with Gasteiger partial charge in [-0.25, -0.2) is 4.98 Å². The Morgan fingerprint density at radius 2 is 2.23 bits per heavy atom. The number of nitrogens with zero attached hydrogens (tertiary/aromatic N) is 1. The summed E-state index contributed by atoms with van der Waals surface area (Å²) in [5, 5.41) is 16.5. The maximum absolute atomic E-state index is 11.9. The van der Waals surface area contributed by atoms with Gasteiger partial charge >= 0.3 is 5.97 Å². The molecule has 0 spiro atoms. The van der Waals surface area contributed by atoms with Gasteiger partial charge in [0.1, 0.15) is 5.01 Å². The van der Waals surface area contributed by atoms with Crippen molar-refractivity contribution in [2.45, 2.75) is 26.2 Å². The molecule has 0 radical (unpaired) electrons. The molecule has 0 bridgehead atoms. The van der Waals surface area contributed by atoms with Crippen LogP contribution < -0.4 is 5.32 Å². The highest BCUT2D eigenvalue weighted by Gasteiger charge is 2.17. The first-order valence-electron chi connectivity index (χ1n) is 7.08. The molecular formula is C15H18N2O3S2. The van der Waals surface area contributed by atoms with Crippen molar-refractivity contribution in [1.82, 2.24) is 10.3 Å². The van der Waals surface area contributed by atoms with E-state index >= 15 is 0 Å². The largest absolute Gasteiger partial charge is 0.481 e. The van der Waals surface area contributed by atoms with Gasteiger partial charge in [-0.05, 0) is 17.9 Å². The lowest BCUT2D eigenvalue weighted by Gasteiger charge is -2.11. The van der Waals surface area contributed by atoms with Crippen LogP contribution in [0.2, 0.25) is 0 Å². The summed E-state index contributed by atoms with van der Waals surface area (Å²) in [5.74, 6) is -1.58. The lowest BCUT2D eigenvalue weighted by Crippen LogP contribution is -2.33. The topological polar surface area (TPSA) is 79.3 Å². The molecule has 1 unspecified atom stereocenters. The van der Waals surface area contributed by atoms with Crippen LogP contribution in [0.5, 0.6) is 0 Å². The van der Waals surface area contributed by atoms with E-state index in [1.165, 1.54) is 11.3 Å². The second-order valence-corrected chi connectivity index (χ2v) is 6.73. The molecular weight excluding hydrogens is 320 g/mol. The van der Waals surface area contributed by atoms with Gasteiger partial charge in [0.05, 0.1) is 22.9 Å². The highest BCUT2D eigenvalue weighted by Crippen LogP contribution is 2.27. The molecule has 5 nitrogen and oxygen atoms in total. The van der Waals surface area contributed by atoms with Gasteiger partial charge < -0.3 is 10.4 Å². The van der Waals surface area contributed by atoms with E-state index in [4.69, 9.17) is 5.11 Å². The number of aliphatic carboxylic acids is 1. The fourth-order valence-electron chi connectivity index (χ4n) is 2.03. The number of amides is 1. The number of thiazole rings is 1. The van der Waals surface area contributed by atoms with E-state index < -0.39 is 11.9 Å². The number of carbonyl (C=O) groups excluding carboxylic acids is 1. The van der Waals surface area contributed by atoms with Gasteiger partial charge in [-0.15, -0.1) is 22.7 Å². The van der Waals surface area contributed by atoms with Crippen molar-refractivity contribution in [3.05, 3.63) is 28.6 Å². The second kappa shape index (κ2) is 8.05. The van der Waals surface area contributed by atoms with Crippen molar-refractivity contribution in [3.8, 4) is 9.88 Å². The lowest BCUT2D eigenvalue weighted by molar-refractivity contribution is -0.141. The quantitative estimate of drug-likeness (QED) is 0.775. The number of rotatable bonds is 8. The molecule has 22 heavy (non-hydrogen) atoms. The zero-order valence-electron chi connectivity index (χ0n) is 12.2. The maximum atomic E-state index is 11.9. The minimum absolute atomic E-state index is 0.171. The number of carbonyl (C=O) groups is 2. The second-order valence-electron chi connectivity index (χ2n) is 4.93. The molecule has 0 saturated carbocycles. The fourth-order valence-corrected chi connectivity index (χ4v) is 3.66. The third kappa shape index (κ3) is 4.64. The smallest absolute Gasteiger partial charge is 0.308 e. The molecule has 2 heterocycles. The Labute approximate surface area is 137 Å². The van der Waals surface area contributed by atoms with Crippen molar-refractivity contribution in [2.24, 2.45) is 5.92 Å². The maximum Gasteiger partial charge on any atom is 0.308 e. The first-order chi connectivity index (χ1) is 10.6. The van der Waals surface area contributed by atoms with Crippen LogP contribution in [0.1, 0.15) is 25.5 Å². The van der Waals surface area contributed by atoms with Crippen LogP contribution in [0, 0.1) is 5.92 Å². The van der Waals surface area contributed by atoms with E-state index in [2.05, 4.69) is 10.3 Å². The molecule has 2 rings (SSSR count). The van der Waals surface area contributed by atoms with Crippen LogP contribution in [0.15, 0.2) is 22.9 Å². The Hall–Kier alpha value is -1.73. The molecule has 1 atom stereocenters. The molecule has 0 aliphatic rings. The highest BCUT2D eigenvalue weighted by atomic mass is 32.1. The van der Waals surface area contributed by atoms with Crippen LogP contribution in [0.4, 0.5) is 0 Å². The van der Waals surface area contributed by atoms with Crippen LogP contribution in [-0.2, 0) is 16.0 Å². The molecule has 0 aliphatic carbocycles. The van der Waals surface area contributed by atoms with E-state index in [0.29, 0.717) is 12.1 Å².